The van der Waals surface area contributed by atoms with Gasteiger partial charge in [0.15, 0.2) is 5.03 Å². The SMILES string of the molecule is CC1(C)Oc2ccc(C#N)cc2C(N2CCN/C2=N\[N+](=O)[O-])C1O. The van der Waals surface area contributed by atoms with E-state index in [4.69, 9.17) is 10.00 Å². The Labute approximate surface area is 138 Å². The van der Waals surface area contributed by atoms with Gasteiger partial charge in [-0.25, -0.2) is 10.1 Å². The smallest absolute Gasteiger partial charge is 0.272 e. The average Bonchev–Trinajstić information content (AvgIpc) is 2.95. The van der Waals surface area contributed by atoms with Crippen LogP contribution in [0, 0.1) is 21.4 Å². The number of nitriles is 1. The van der Waals surface area contributed by atoms with Crippen LogP contribution >= 0.6 is 0 Å². The first kappa shape index (κ1) is 16.0. The number of fused-ring (bicyclic) bond motifs is 1. The Morgan fingerprint density at radius 3 is 3.00 bits per heavy atom. The molecule has 2 N–H and O–H groups in total. The van der Waals surface area contributed by atoms with Gasteiger partial charge < -0.3 is 20.1 Å². The van der Waals surface area contributed by atoms with Gasteiger partial charge in [0.25, 0.3) is 5.96 Å². The largest absolute Gasteiger partial charge is 0.485 e. The van der Waals surface area contributed by atoms with E-state index in [9.17, 15) is 15.2 Å². The quantitative estimate of drug-likeness (QED) is 0.600. The van der Waals surface area contributed by atoms with Gasteiger partial charge in [-0.15, -0.1) is 0 Å². The maximum atomic E-state index is 10.8. The first-order valence-corrected chi connectivity index (χ1v) is 7.48. The van der Waals surface area contributed by atoms with Crippen LogP contribution in [0.15, 0.2) is 23.3 Å². The normalized spacial score (nSPS) is 26.2. The lowest BCUT2D eigenvalue weighted by Crippen LogP contribution is -2.54. The molecular formula is C15H17N5O4. The van der Waals surface area contributed by atoms with E-state index in [2.05, 4.69) is 16.5 Å². The molecular weight excluding hydrogens is 314 g/mol. The van der Waals surface area contributed by atoms with Crippen molar-refractivity contribution in [1.82, 2.24) is 10.2 Å². The first-order valence-electron chi connectivity index (χ1n) is 7.48. The van der Waals surface area contributed by atoms with Gasteiger partial charge in [0.2, 0.25) is 0 Å². The Kier molecular flexibility index (Phi) is 3.77. The molecule has 24 heavy (non-hydrogen) atoms. The number of guanidine groups is 1. The van der Waals surface area contributed by atoms with Crippen molar-refractivity contribution in [2.75, 3.05) is 13.1 Å². The van der Waals surface area contributed by atoms with Gasteiger partial charge in [-0.1, -0.05) is 0 Å². The highest BCUT2D eigenvalue weighted by atomic mass is 16.7. The molecule has 2 heterocycles. The van der Waals surface area contributed by atoms with E-state index < -0.39 is 22.8 Å². The lowest BCUT2D eigenvalue weighted by atomic mass is 9.85. The van der Waals surface area contributed by atoms with E-state index >= 15 is 0 Å². The van der Waals surface area contributed by atoms with Crippen molar-refractivity contribution < 1.29 is 14.9 Å². The molecule has 0 aliphatic carbocycles. The molecule has 2 aliphatic rings. The number of hydrogen-bond donors (Lipinski definition) is 2. The van der Waals surface area contributed by atoms with Crippen LogP contribution in [-0.4, -0.2) is 45.8 Å². The van der Waals surface area contributed by atoms with E-state index in [1.807, 2.05) is 0 Å². The zero-order valence-corrected chi connectivity index (χ0v) is 13.3. The highest BCUT2D eigenvalue weighted by Gasteiger charge is 2.47. The molecule has 0 saturated carbocycles. The van der Waals surface area contributed by atoms with Crippen molar-refractivity contribution in [3.05, 3.63) is 39.4 Å². The van der Waals surface area contributed by atoms with E-state index in [-0.39, 0.29) is 5.96 Å². The molecule has 1 saturated heterocycles. The number of aliphatic hydroxyl groups is 1. The van der Waals surface area contributed by atoms with Crippen molar-refractivity contribution in [2.45, 2.75) is 31.6 Å². The summed E-state index contributed by atoms with van der Waals surface area (Å²) >= 11 is 0. The number of nitro groups is 1. The number of nitrogens with zero attached hydrogens (tertiary/aromatic N) is 4. The van der Waals surface area contributed by atoms with Crippen molar-refractivity contribution in [2.24, 2.45) is 5.10 Å². The maximum absolute atomic E-state index is 10.8. The minimum Gasteiger partial charge on any atom is -0.485 e. The number of rotatable bonds is 2. The minimum absolute atomic E-state index is 0.0926. The third-order valence-electron chi connectivity index (χ3n) is 4.26. The predicted molar refractivity (Wildman–Crippen MR) is 83.7 cm³/mol. The summed E-state index contributed by atoms with van der Waals surface area (Å²) in [5.41, 5.74) is 0.142. The molecule has 0 aromatic heterocycles. The Morgan fingerprint density at radius 2 is 2.33 bits per heavy atom. The topological polar surface area (TPSA) is 124 Å². The van der Waals surface area contributed by atoms with Gasteiger partial charge in [-0.3, -0.25) is 0 Å². The summed E-state index contributed by atoms with van der Waals surface area (Å²) in [6.07, 6.45) is -0.962. The molecule has 3 rings (SSSR count). The van der Waals surface area contributed by atoms with Crippen LogP contribution in [-0.2, 0) is 0 Å². The van der Waals surface area contributed by atoms with Gasteiger partial charge in [0, 0.05) is 18.7 Å². The second kappa shape index (κ2) is 5.65. The lowest BCUT2D eigenvalue weighted by Gasteiger charge is -2.45. The molecule has 1 aromatic carbocycles. The third-order valence-corrected chi connectivity index (χ3v) is 4.26. The standard InChI is InChI=1S/C15H17N5O4/c1-15(2)13(21)12(19-6-5-17-14(19)18-20(22)23)10-7-9(8-16)3-4-11(10)24-15/h3-4,7,12-13,21H,5-6H2,1-2H3,(H,17,18). The number of nitrogens with one attached hydrogen (secondary N) is 1. The molecule has 0 amide bonds. The average molecular weight is 331 g/mol. The summed E-state index contributed by atoms with van der Waals surface area (Å²) in [5, 5.41) is 36.2. The predicted octanol–water partition coefficient (Wildman–Crippen LogP) is 0.584. The molecule has 9 heteroatoms. The second-order valence-electron chi connectivity index (χ2n) is 6.24. The molecule has 9 nitrogen and oxygen atoms in total. The van der Waals surface area contributed by atoms with Gasteiger partial charge in [-0.05, 0) is 32.0 Å². The van der Waals surface area contributed by atoms with Crippen molar-refractivity contribution >= 4 is 5.96 Å². The summed E-state index contributed by atoms with van der Waals surface area (Å²) in [7, 11) is 0. The number of benzene rings is 1. The zero-order valence-electron chi connectivity index (χ0n) is 13.3. The van der Waals surface area contributed by atoms with Crippen LogP contribution in [0.5, 0.6) is 5.75 Å². The summed E-state index contributed by atoms with van der Waals surface area (Å²) in [6.45, 7) is 4.42. The monoisotopic (exact) mass is 331 g/mol. The molecule has 0 radical (unpaired) electrons. The summed E-state index contributed by atoms with van der Waals surface area (Å²) in [5.74, 6) is 0.636. The van der Waals surface area contributed by atoms with Crippen LogP contribution in [0.1, 0.15) is 31.0 Å². The molecule has 126 valence electrons. The van der Waals surface area contributed by atoms with Gasteiger partial charge >= 0.3 is 0 Å². The van der Waals surface area contributed by atoms with Crippen molar-refractivity contribution in [1.29, 1.82) is 5.26 Å². The van der Waals surface area contributed by atoms with E-state index in [1.165, 1.54) is 0 Å². The molecule has 2 unspecified atom stereocenters. The molecule has 1 aromatic rings. The van der Waals surface area contributed by atoms with Crippen LogP contribution in [0.2, 0.25) is 0 Å². The van der Waals surface area contributed by atoms with E-state index in [0.717, 1.165) is 0 Å². The fourth-order valence-corrected chi connectivity index (χ4v) is 3.11. The number of hydrazone groups is 1. The summed E-state index contributed by atoms with van der Waals surface area (Å²) in [6, 6.07) is 6.41. The highest BCUT2D eigenvalue weighted by molar-refractivity contribution is 5.82. The second-order valence-corrected chi connectivity index (χ2v) is 6.24. The Morgan fingerprint density at radius 1 is 1.58 bits per heavy atom. The lowest BCUT2D eigenvalue weighted by molar-refractivity contribution is -0.485. The molecule has 1 fully saturated rings. The number of hydrogen-bond acceptors (Lipinski definition) is 5. The van der Waals surface area contributed by atoms with Crippen molar-refractivity contribution in [3.8, 4) is 11.8 Å². The maximum Gasteiger partial charge on any atom is 0.272 e. The molecule has 2 atom stereocenters. The van der Waals surface area contributed by atoms with Crippen molar-refractivity contribution in [3.63, 3.8) is 0 Å². The van der Waals surface area contributed by atoms with Gasteiger partial charge in [0.1, 0.15) is 22.6 Å². The van der Waals surface area contributed by atoms with Crippen LogP contribution in [0.3, 0.4) is 0 Å². The van der Waals surface area contributed by atoms with E-state index in [1.54, 1.807) is 36.9 Å². The van der Waals surface area contributed by atoms with E-state index in [0.29, 0.717) is 30.0 Å². The summed E-state index contributed by atoms with van der Waals surface area (Å²) in [4.78, 5) is 12.4. The van der Waals surface area contributed by atoms with Crippen LogP contribution in [0.4, 0.5) is 0 Å². The third kappa shape index (κ3) is 2.61. The molecule has 2 aliphatic heterocycles. The van der Waals surface area contributed by atoms with Gasteiger partial charge in [-0.2, -0.15) is 5.26 Å². The first-order chi connectivity index (χ1) is 11.3. The molecule has 0 spiro atoms. The van der Waals surface area contributed by atoms with Gasteiger partial charge in [0.05, 0.1) is 17.7 Å². The zero-order chi connectivity index (χ0) is 17.5. The fourth-order valence-electron chi connectivity index (χ4n) is 3.11. The summed E-state index contributed by atoms with van der Waals surface area (Å²) < 4.78 is 5.86. The minimum atomic E-state index is -0.962. The van der Waals surface area contributed by atoms with Crippen LogP contribution < -0.4 is 10.1 Å². The van der Waals surface area contributed by atoms with Crippen LogP contribution in [0.25, 0.3) is 0 Å². The highest BCUT2D eigenvalue weighted by Crippen LogP contribution is 2.43. The Balaban J connectivity index is 2.12. The Hall–Kier alpha value is -2.86. The number of aliphatic hydroxyl groups excluding tert-OH is 1. The molecule has 0 bridgehead atoms. The number of ether oxygens (including phenoxy) is 1. The fraction of sp³-hybridized carbons (Fsp3) is 0.467. The Bertz CT molecular complexity index is 755.